The van der Waals surface area contributed by atoms with Crippen molar-refractivity contribution in [3.05, 3.63) is 77.4 Å². The van der Waals surface area contributed by atoms with Crippen molar-refractivity contribution in [2.45, 2.75) is 71.0 Å². The Bertz CT molecular complexity index is 1690. The van der Waals surface area contributed by atoms with Gasteiger partial charge < -0.3 is 24.3 Å². The maximum Gasteiger partial charge on any atom is 0.511 e. The number of amides is 1. The molecule has 1 heterocycles. The summed E-state index contributed by atoms with van der Waals surface area (Å²) in [4.78, 5) is 54.0. The average Bonchev–Trinajstić information content (AvgIpc) is 3.40. The number of para-hydroxylation sites is 1. The molecule has 1 amide bonds. The number of carbonyl (C=O) groups excluding carboxylic acids is 2. The highest BCUT2D eigenvalue weighted by Gasteiger charge is 2.38. The molecule has 2 aromatic carbocycles. The Labute approximate surface area is 275 Å². The van der Waals surface area contributed by atoms with Gasteiger partial charge in [0.05, 0.1) is 17.1 Å². The molecule has 0 spiro atoms. The quantitative estimate of drug-likeness (QED) is 0.139. The van der Waals surface area contributed by atoms with Crippen LogP contribution in [0, 0.1) is 11.8 Å². The number of aliphatic carboxylic acids is 1. The predicted molar refractivity (Wildman–Crippen MR) is 171 cm³/mol. The third-order valence-electron chi connectivity index (χ3n) is 8.22. The Morgan fingerprint density at radius 2 is 1.73 bits per heavy atom. The van der Waals surface area contributed by atoms with E-state index < -0.39 is 18.3 Å². The minimum absolute atomic E-state index is 0.190. The Balaban J connectivity index is 0.000000671. The minimum Gasteiger partial charge on any atom is -0.475 e. The van der Waals surface area contributed by atoms with Crippen LogP contribution in [0.2, 0.25) is 0 Å². The number of imidazole rings is 1. The zero-order valence-electron chi connectivity index (χ0n) is 26.3. The molecule has 2 aliphatic carbocycles. The molecule has 2 N–H and O–H groups in total. The lowest BCUT2D eigenvalue weighted by Gasteiger charge is -2.25. The molecule has 3 aromatic rings. The molecule has 1 saturated carbocycles. The number of rotatable bonds is 9. The molecule has 0 saturated heterocycles. The lowest BCUT2D eigenvalue weighted by molar-refractivity contribution is -0.192. The largest absolute Gasteiger partial charge is 0.511 e. The van der Waals surface area contributed by atoms with Gasteiger partial charge in [-0.1, -0.05) is 68.7 Å². The molecule has 0 bridgehead atoms. The highest BCUT2D eigenvalue weighted by atomic mass is 19.4. The van der Waals surface area contributed by atoms with Gasteiger partial charge in [-0.3, -0.25) is 4.79 Å². The van der Waals surface area contributed by atoms with Gasteiger partial charge in [-0.25, -0.2) is 19.6 Å². The van der Waals surface area contributed by atoms with Gasteiger partial charge in [-0.15, -0.1) is 0 Å². The first-order valence-corrected chi connectivity index (χ1v) is 15.6. The van der Waals surface area contributed by atoms with Crippen molar-refractivity contribution >= 4 is 36.1 Å². The number of carboxylic acid groups (broad SMARTS) is 2. The van der Waals surface area contributed by atoms with Gasteiger partial charge in [-0.2, -0.15) is 13.2 Å². The zero-order valence-corrected chi connectivity index (χ0v) is 26.3. The number of allylic oxidation sites excluding steroid dienone is 1. The number of nitrogens with zero attached hydrogens (tertiary/aromatic N) is 3. The van der Waals surface area contributed by atoms with Gasteiger partial charge in [0.25, 0.3) is 0 Å². The fourth-order valence-electron chi connectivity index (χ4n) is 5.79. The molecule has 2 atom stereocenters. The van der Waals surface area contributed by atoms with Crippen molar-refractivity contribution in [3.63, 3.8) is 0 Å². The maximum atomic E-state index is 13.1. The molecule has 13 heteroatoms. The Morgan fingerprint density at radius 3 is 2.38 bits per heavy atom. The van der Waals surface area contributed by atoms with Crippen molar-refractivity contribution < 1.29 is 47.3 Å². The summed E-state index contributed by atoms with van der Waals surface area (Å²) in [5.41, 5.74) is 5.27. The predicted octanol–water partition coefficient (Wildman–Crippen LogP) is 7.17. The molecule has 2 aliphatic rings. The number of unbranched alkanes of at least 4 members (excludes halogenated alkanes) is 1. The van der Waals surface area contributed by atoms with E-state index in [0.717, 1.165) is 79.6 Å². The molecular weight excluding hydrogens is 631 g/mol. The fraction of sp³-hybridized carbons (Fsp3) is 0.371. The summed E-state index contributed by atoms with van der Waals surface area (Å²) in [6.07, 6.45) is 5.17. The van der Waals surface area contributed by atoms with Crippen LogP contribution in [0.25, 0.3) is 17.2 Å². The van der Waals surface area contributed by atoms with Crippen LogP contribution < -0.4 is 4.74 Å². The maximum absolute atomic E-state index is 13.1. The smallest absolute Gasteiger partial charge is 0.475 e. The number of aromatic nitrogens is 2. The molecule has 0 radical (unpaired) electrons. The van der Waals surface area contributed by atoms with E-state index in [1.54, 1.807) is 12.1 Å². The number of ether oxygens (including phenoxy) is 1. The summed E-state index contributed by atoms with van der Waals surface area (Å²) in [5, 5.41) is 16.2. The van der Waals surface area contributed by atoms with E-state index in [0.29, 0.717) is 30.0 Å². The Hall–Kier alpha value is -5.07. The summed E-state index contributed by atoms with van der Waals surface area (Å²) in [7, 11) is 0. The summed E-state index contributed by atoms with van der Waals surface area (Å²) >= 11 is 0. The summed E-state index contributed by atoms with van der Waals surface area (Å²) in [5.74, 6) is -2.21. The second kappa shape index (κ2) is 16.2. The summed E-state index contributed by atoms with van der Waals surface area (Å²) in [6.45, 7) is 2.77. The van der Waals surface area contributed by atoms with Crippen molar-refractivity contribution in [1.82, 2.24) is 9.55 Å². The lowest BCUT2D eigenvalue weighted by Crippen LogP contribution is -2.28. The molecule has 5 rings (SSSR count). The summed E-state index contributed by atoms with van der Waals surface area (Å²) < 4.78 is 38.9. The number of aliphatic imine (C=N–C) groups is 1. The number of carbonyl (C=O) groups is 4. The Morgan fingerprint density at radius 1 is 1.04 bits per heavy atom. The van der Waals surface area contributed by atoms with Gasteiger partial charge in [0.1, 0.15) is 17.9 Å². The van der Waals surface area contributed by atoms with E-state index in [4.69, 9.17) is 24.7 Å². The van der Waals surface area contributed by atoms with Crippen molar-refractivity contribution in [3.8, 4) is 16.9 Å². The van der Waals surface area contributed by atoms with Crippen LogP contribution in [0.5, 0.6) is 5.75 Å². The van der Waals surface area contributed by atoms with Crippen molar-refractivity contribution in [2.75, 3.05) is 0 Å². The number of aryl methyl sites for hydroxylation is 1. The number of halogens is 3. The van der Waals surface area contributed by atoms with E-state index in [-0.39, 0.29) is 17.7 Å². The van der Waals surface area contributed by atoms with Gasteiger partial charge in [0.15, 0.2) is 0 Å². The van der Waals surface area contributed by atoms with E-state index in [2.05, 4.69) is 16.5 Å². The van der Waals surface area contributed by atoms with Crippen molar-refractivity contribution in [2.24, 2.45) is 16.8 Å². The highest BCUT2D eigenvalue weighted by molar-refractivity contribution is 6.07. The van der Waals surface area contributed by atoms with Gasteiger partial charge in [0, 0.05) is 36.8 Å². The first kappa shape index (κ1) is 35.8. The van der Waals surface area contributed by atoms with Crippen LogP contribution in [0.3, 0.4) is 0 Å². The first-order valence-electron chi connectivity index (χ1n) is 15.6. The number of alkyl halides is 3. The number of hydrogen-bond acceptors (Lipinski definition) is 6. The molecule has 1 aromatic heterocycles. The average molecular weight is 668 g/mol. The number of fused-ring (bicyclic) bond motifs is 1. The number of benzene rings is 2. The van der Waals surface area contributed by atoms with E-state index >= 15 is 0 Å². The highest BCUT2D eigenvalue weighted by Crippen LogP contribution is 2.32. The van der Waals surface area contributed by atoms with Crippen LogP contribution in [-0.4, -0.2) is 56.0 Å². The number of aldehydes is 1. The van der Waals surface area contributed by atoms with Gasteiger partial charge in [0.2, 0.25) is 5.91 Å². The monoisotopic (exact) mass is 667 g/mol. The molecule has 48 heavy (non-hydrogen) atoms. The third kappa shape index (κ3) is 9.26. The topological polar surface area (TPSA) is 148 Å². The zero-order chi connectivity index (χ0) is 34.8. The standard InChI is InChI=1S/C33H35N3O5.C2HF3O2/c1-2-3-12-31-35-28-18-17-25(34-32(38)27-10-5-4-8-24(27)21-37)19-29(28)36(31)20-22-13-15-23(16-14-22)26-9-6-7-11-30(26)41-33(39)40;3-2(4,5)1(6)7/h6-7,9,11,13-18,21,24,27H,2-5,8,10,12,19-20H2,1H3,(H,39,40);(H,6,7)/t24-,27-;/m1./s1. The third-order valence-corrected chi connectivity index (χ3v) is 8.22. The molecule has 10 nitrogen and oxygen atoms in total. The van der Waals surface area contributed by atoms with Gasteiger partial charge >= 0.3 is 18.3 Å². The lowest BCUT2D eigenvalue weighted by atomic mass is 9.79. The second-order valence-corrected chi connectivity index (χ2v) is 11.6. The number of hydrogen-bond donors (Lipinski definition) is 2. The second-order valence-electron chi connectivity index (χ2n) is 11.6. The van der Waals surface area contributed by atoms with Crippen LogP contribution in [-0.2, 0) is 33.8 Å². The molecular formula is C35H36F3N3O7. The molecule has 0 aliphatic heterocycles. The first-order chi connectivity index (χ1) is 22.9. The van der Waals surface area contributed by atoms with E-state index in [1.165, 1.54) is 0 Å². The molecule has 1 fully saturated rings. The van der Waals surface area contributed by atoms with Crippen LogP contribution in [0.15, 0.2) is 59.6 Å². The van der Waals surface area contributed by atoms with Crippen LogP contribution in [0.1, 0.15) is 68.2 Å². The van der Waals surface area contributed by atoms with Crippen LogP contribution >= 0.6 is 0 Å². The molecule has 0 unspecified atom stereocenters. The minimum atomic E-state index is -5.08. The van der Waals surface area contributed by atoms with Crippen LogP contribution in [0.4, 0.5) is 18.0 Å². The van der Waals surface area contributed by atoms with E-state index in [1.807, 2.05) is 48.6 Å². The summed E-state index contributed by atoms with van der Waals surface area (Å²) in [6, 6.07) is 15.1. The van der Waals surface area contributed by atoms with E-state index in [9.17, 15) is 27.6 Å². The number of carboxylic acids is 1. The Kier molecular flexibility index (Phi) is 12.0. The SMILES string of the molecule is CCCCc1nc2c(n1Cc1ccc(-c3ccccc3OC(=O)O)cc1)CC(=NC(=O)[C@@H]1CCCC[C@@H]1C=O)C=C2.O=C(O)C(F)(F)F. The molecule has 254 valence electrons. The fourth-order valence-corrected chi connectivity index (χ4v) is 5.79. The van der Waals surface area contributed by atoms with Gasteiger partial charge in [-0.05, 0) is 48.6 Å². The van der Waals surface area contributed by atoms with Crippen molar-refractivity contribution in [1.29, 1.82) is 0 Å². The normalized spacial score (nSPS) is 18.0.